The van der Waals surface area contributed by atoms with Crippen molar-refractivity contribution >= 4 is 29.5 Å². The van der Waals surface area contributed by atoms with Crippen molar-refractivity contribution in [3.63, 3.8) is 0 Å². The van der Waals surface area contributed by atoms with Gasteiger partial charge in [-0.1, -0.05) is 6.42 Å². The Kier molecular flexibility index (Phi) is 10.1. The lowest BCUT2D eigenvalue weighted by molar-refractivity contribution is -0.149. The topological polar surface area (TPSA) is 202 Å². The smallest absolute Gasteiger partial charge is 0.344 e. The molecule has 8 N–H and O–H groups in total. The first-order chi connectivity index (χ1) is 12.0. The lowest BCUT2D eigenvalue weighted by Gasteiger charge is -2.26. The van der Waals surface area contributed by atoms with Crippen molar-refractivity contribution in [2.75, 3.05) is 6.54 Å². The molecule has 2 atom stereocenters. The molecule has 148 valence electrons. The summed E-state index contributed by atoms with van der Waals surface area (Å²) in [5, 5.41) is 21.6. The van der Waals surface area contributed by atoms with Crippen LogP contribution in [0, 0.1) is 0 Å². The summed E-state index contributed by atoms with van der Waals surface area (Å²) in [6.45, 7) is 1.19. The molecule has 0 bridgehead atoms. The first kappa shape index (κ1) is 23.5. The van der Waals surface area contributed by atoms with Crippen LogP contribution in [-0.4, -0.2) is 58.0 Å². The van der Waals surface area contributed by atoms with Gasteiger partial charge in [0.2, 0.25) is 11.8 Å². The predicted octanol–water partition coefficient (Wildman–Crippen LogP) is -1.70. The summed E-state index contributed by atoms with van der Waals surface area (Å²) >= 11 is 0. The van der Waals surface area contributed by atoms with E-state index in [1.54, 1.807) is 0 Å². The maximum Gasteiger partial charge on any atom is 0.344 e. The van der Waals surface area contributed by atoms with Crippen LogP contribution in [-0.2, 0) is 24.0 Å². The number of hydrogen-bond donors (Lipinski definition) is 6. The summed E-state index contributed by atoms with van der Waals surface area (Å²) in [4.78, 5) is 54.3. The van der Waals surface area contributed by atoms with E-state index in [0.717, 1.165) is 6.42 Å². The first-order valence-electron chi connectivity index (χ1n) is 8.09. The van der Waals surface area contributed by atoms with Gasteiger partial charge in [-0.15, -0.1) is 0 Å². The number of amides is 2. The molecule has 0 saturated carbocycles. The number of carboxylic acid groups (broad SMARTS) is 2. The Morgan fingerprint density at radius 3 is 2.27 bits per heavy atom. The van der Waals surface area contributed by atoms with E-state index in [2.05, 4.69) is 10.6 Å². The maximum atomic E-state index is 11.4. The van der Waals surface area contributed by atoms with Crippen LogP contribution in [0.1, 0.15) is 45.4 Å². The molecule has 0 spiro atoms. The lowest BCUT2D eigenvalue weighted by Crippen LogP contribution is -2.62. The standard InChI is InChI=1S/C10H16N2O4.C5H10N2O3/c11-10(9(15)16)6-7(13)4-2-1-3-5-8(14)12-10;1-3(5(9)10)7-4(8)2-6/h1-6,11H2,(H,12,14)(H,15,16);3H,2,6H2,1H3,(H,7,8)(H,9,10)/t10-;3-/m11/s1. The molecule has 2 amide bonds. The fourth-order valence-corrected chi connectivity index (χ4v) is 2.03. The molecule has 1 aliphatic rings. The molecule has 0 aromatic carbocycles. The number of ketones is 1. The minimum absolute atomic E-state index is 0.183. The Bertz CT molecular complexity index is 530. The summed E-state index contributed by atoms with van der Waals surface area (Å²) in [6, 6.07) is -0.865. The van der Waals surface area contributed by atoms with Crippen LogP contribution in [0.2, 0.25) is 0 Å². The van der Waals surface area contributed by atoms with Crippen molar-refractivity contribution in [3.05, 3.63) is 0 Å². The van der Waals surface area contributed by atoms with Crippen molar-refractivity contribution in [2.24, 2.45) is 11.5 Å². The SMILES string of the molecule is C[C@@H](NC(=O)CN)C(=O)O.N[C@]1(C(=O)O)CC(=O)CCCCCC(=O)N1. The van der Waals surface area contributed by atoms with Gasteiger partial charge in [-0.25, -0.2) is 4.79 Å². The summed E-state index contributed by atoms with van der Waals surface area (Å²) in [5.41, 5.74) is 8.48. The lowest BCUT2D eigenvalue weighted by atomic mass is 9.98. The summed E-state index contributed by atoms with van der Waals surface area (Å²) in [5.74, 6) is -3.56. The molecule has 1 fully saturated rings. The molecule has 1 aliphatic heterocycles. The number of carbonyl (C=O) groups excluding carboxylic acids is 3. The molecule has 26 heavy (non-hydrogen) atoms. The van der Waals surface area contributed by atoms with E-state index in [1.807, 2.05) is 0 Å². The van der Waals surface area contributed by atoms with Gasteiger partial charge in [0.05, 0.1) is 13.0 Å². The minimum Gasteiger partial charge on any atom is -0.480 e. The van der Waals surface area contributed by atoms with E-state index in [0.29, 0.717) is 19.3 Å². The van der Waals surface area contributed by atoms with Crippen LogP contribution in [0.4, 0.5) is 0 Å². The molecule has 1 heterocycles. The molecule has 0 aromatic rings. The highest BCUT2D eigenvalue weighted by atomic mass is 16.4. The van der Waals surface area contributed by atoms with Crippen LogP contribution in [0.3, 0.4) is 0 Å². The molecule has 0 unspecified atom stereocenters. The third-order valence-electron chi connectivity index (χ3n) is 3.51. The molecular formula is C15H26N4O7. The third-order valence-corrected chi connectivity index (χ3v) is 3.51. The Hall–Kier alpha value is -2.53. The highest BCUT2D eigenvalue weighted by molar-refractivity contribution is 5.92. The van der Waals surface area contributed by atoms with Crippen LogP contribution >= 0.6 is 0 Å². The summed E-state index contributed by atoms with van der Waals surface area (Å²) in [6.07, 6.45) is 2.34. The van der Waals surface area contributed by atoms with Crippen molar-refractivity contribution in [1.29, 1.82) is 0 Å². The average Bonchev–Trinajstić information content (AvgIpc) is 2.54. The van der Waals surface area contributed by atoms with Gasteiger partial charge in [0.1, 0.15) is 11.8 Å². The number of aliphatic carboxylic acids is 2. The van der Waals surface area contributed by atoms with Gasteiger partial charge < -0.3 is 26.6 Å². The fraction of sp³-hybridized carbons (Fsp3) is 0.667. The van der Waals surface area contributed by atoms with Crippen molar-refractivity contribution < 1.29 is 34.2 Å². The molecule has 0 aromatic heterocycles. The largest absolute Gasteiger partial charge is 0.480 e. The zero-order chi connectivity index (χ0) is 20.3. The zero-order valence-corrected chi connectivity index (χ0v) is 14.6. The average molecular weight is 374 g/mol. The van der Waals surface area contributed by atoms with Gasteiger partial charge in [0, 0.05) is 12.8 Å². The molecule has 1 saturated heterocycles. The van der Waals surface area contributed by atoms with E-state index in [1.165, 1.54) is 6.92 Å². The molecule has 11 heteroatoms. The molecular weight excluding hydrogens is 348 g/mol. The molecule has 1 rings (SSSR count). The van der Waals surface area contributed by atoms with E-state index < -0.39 is 35.5 Å². The highest BCUT2D eigenvalue weighted by Crippen LogP contribution is 2.13. The predicted molar refractivity (Wildman–Crippen MR) is 89.7 cm³/mol. The van der Waals surface area contributed by atoms with Gasteiger partial charge in [-0.2, -0.15) is 0 Å². The van der Waals surface area contributed by atoms with Crippen LogP contribution in [0.15, 0.2) is 0 Å². The molecule has 0 radical (unpaired) electrons. The van der Waals surface area contributed by atoms with Crippen LogP contribution < -0.4 is 22.1 Å². The number of rotatable bonds is 4. The summed E-state index contributed by atoms with van der Waals surface area (Å²) < 4.78 is 0. The maximum absolute atomic E-state index is 11.4. The molecule has 0 aliphatic carbocycles. The van der Waals surface area contributed by atoms with Crippen LogP contribution in [0.5, 0.6) is 0 Å². The normalized spacial score (nSPS) is 22.1. The minimum atomic E-state index is -1.95. The van der Waals surface area contributed by atoms with E-state index in [9.17, 15) is 24.0 Å². The second kappa shape index (κ2) is 11.2. The second-order valence-electron chi connectivity index (χ2n) is 5.93. The number of nitrogens with two attached hydrogens (primary N) is 2. The van der Waals surface area contributed by atoms with Gasteiger partial charge in [0.15, 0.2) is 5.66 Å². The number of hydrogen-bond acceptors (Lipinski definition) is 7. The number of Topliss-reactive ketones (excluding diaryl/α,β-unsaturated/α-hetero) is 1. The zero-order valence-electron chi connectivity index (χ0n) is 14.6. The van der Waals surface area contributed by atoms with Gasteiger partial charge in [-0.05, 0) is 19.8 Å². The fourth-order valence-electron chi connectivity index (χ4n) is 2.03. The van der Waals surface area contributed by atoms with E-state index >= 15 is 0 Å². The Labute approximate surface area is 150 Å². The third kappa shape index (κ3) is 9.08. The Morgan fingerprint density at radius 2 is 1.77 bits per heavy atom. The van der Waals surface area contributed by atoms with Gasteiger partial charge in [0.25, 0.3) is 0 Å². The van der Waals surface area contributed by atoms with Crippen molar-refractivity contribution in [3.8, 4) is 0 Å². The Balaban J connectivity index is 0.000000541. The number of carbonyl (C=O) groups is 5. The number of carboxylic acids is 2. The highest BCUT2D eigenvalue weighted by Gasteiger charge is 2.37. The van der Waals surface area contributed by atoms with Gasteiger partial charge >= 0.3 is 11.9 Å². The second-order valence-corrected chi connectivity index (χ2v) is 5.93. The summed E-state index contributed by atoms with van der Waals surface area (Å²) in [7, 11) is 0. The first-order valence-corrected chi connectivity index (χ1v) is 8.09. The Morgan fingerprint density at radius 1 is 1.19 bits per heavy atom. The monoisotopic (exact) mass is 374 g/mol. The van der Waals surface area contributed by atoms with Crippen molar-refractivity contribution in [2.45, 2.75) is 57.2 Å². The van der Waals surface area contributed by atoms with Crippen LogP contribution in [0.25, 0.3) is 0 Å². The van der Waals surface area contributed by atoms with E-state index in [-0.39, 0.29) is 25.2 Å². The van der Waals surface area contributed by atoms with E-state index in [4.69, 9.17) is 21.7 Å². The number of nitrogens with one attached hydrogen (secondary N) is 2. The van der Waals surface area contributed by atoms with Crippen molar-refractivity contribution in [1.82, 2.24) is 10.6 Å². The quantitative estimate of drug-likeness (QED) is 0.331. The molecule has 11 nitrogen and oxygen atoms in total. The van der Waals surface area contributed by atoms with Gasteiger partial charge in [-0.3, -0.25) is 24.9 Å².